The number of hydrogen-bond acceptors (Lipinski definition) is 5. The smallest absolute Gasteiger partial charge is 0.335 e. The molecule has 4 aromatic carbocycles. The summed E-state index contributed by atoms with van der Waals surface area (Å²) >= 11 is 0. The standard InChI is InChI=1S/C31H27N3O4/c1-18(2)20-11-13-23(14-12-20)34-27-15-10-19(3)16-25(27)28(30(34)36)33-32-26-9-5-8-24(29(26)35)21-6-4-7-22(17-21)31(37)38/h4-18,32,35H,1-3H3,(H,37,38). The Bertz CT molecular complexity index is 1590. The van der Waals surface area contributed by atoms with Gasteiger partial charge in [0.15, 0.2) is 5.71 Å². The minimum Gasteiger partial charge on any atom is -0.505 e. The number of benzene rings is 4. The number of hydrazone groups is 1. The van der Waals surface area contributed by atoms with E-state index < -0.39 is 5.97 Å². The van der Waals surface area contributed by atoms with E-state index in [9.17, 15) is 19.8 Å². The van der Waals surface area contributed by atoms with Gasteiger partial charge in [0.2, 0.25) is 0 Å². The molecular formula is C31H27N3O4. The number of phenolic OH excluding ortho intramolecular Hbond substituents is 1. The van der Waals surface area contributed by atoms with Crippen LogP contribution < -0.4 is 10.3 Å². The summed E-state index contributed by atoms with van der Waals surface area (Å²) in [5, 5.41) is 24.7. The van der Waals surface area contributed by atoms with Crippen LogP contribution in [-0.2, 0) is 4.79 Å². The molecule has 1 aliphatic rings. The zero-order chi connectivity index (χ0) is 27.0. The van der Waals surface area contributed by atoms with E-state index in [0.29, 0.717) is 22.6 Å². The van der Waals surface area contributed by atoms with Gasteiger partial charge in [-0.2, -0.15) is 5.10 Å². The Kier molecular flexibility index (Phi) is 6.43. The maximum Gasteiger partial charge on any atom is 0.335 e. The van der Waals surface area contributed by atoms with Crippen LogP contribution in [0.15, 0.2) is 90.0 Å². The van der Waals surface area contributed by atoms with Crippen LogP contribution in [0.2, 0.25) is 0 Å². The molecule has 5 rings (SSSR count). The van der Waals surface area contributed by atoms with Crippen LogP contribution in [-0.4, -0.2) is 27.8 Å². The van der Waals surface area contributed by atoms with Gasteiger partial charge in [-0.15, -0.1) is 0 Å². The molecule has 0 radical (unpaired) electrons. The second-order valence-electron chi connectivity index (χ2n) is 9.57. The predicted molar refractivity (Wildman–Crippen MR) is 150 cm³/mol. The Morgan fingerprint density at radius 2 is 1.66 bits per heavy atom. The topological polar surface area (TPSA) is 102 Å². The molecule has 38 heavy (non-hydrogen) atoms. The van der Waals surface area contributed by atoms with E-state index in [1.165, 1.54) is 17.7 Å². The first-order valence-corrected chi connectivity index (χ1v) is 12.3. The number of aromatic carboxylic acids is 1. The SMILES string of the molecule is Cc1ccc2c(c1)C(=NNc1cccc(-c3cccc(C(=O)O)c3)c1O)C(=O)N2c1ccc(C(C)C)cc1. The molecule has 1 aliphatic heterocycles. The fourth-order valence-electron chi connectivity index (χ4n) is 4.54. The summed E-state index contributed by atoms with van der Waals surface area (Å²) < 4.78 is 0. The number of fused-ring (bicyclic) bond motifs is 1. The van der Waals surface area contributed by atoms with E-state index in [-0.39, 0.29) is 28.6 Å². The van der Waals surface area contributed by atoms with E-state index in [4.69, 9.17) is 0 Å². The minimum absolute atomic E-state index is 0.101. The van der Waals surface area contributed by atoms with Crippen molar-refractivity contribution in [2.75, 3.05) is 10.3 Å². The van der Waals surface area contributed by atoms with Crippen LogP contribution in [0.4, 0.5) is 17.1 Å². The van der Waals surface area contributed by atoms with Gasteiger partial charge < -0.3 is 10.2 Å². The summed E-state index contributed by atoms with van der Waals surface area (Å²) in [5.74, 6) is -1.05. The third-order valence-corrected chi connectivity index (χ3v) is 6.62. The Morgan fingerprint density at radius 1 is 0.921 bits per heavy atom. The molecule has 0 fully saturated rings. The fraction of sp³-hybridized carbons (Fsp3) is 0.129. The highest BCUT2D eigenvalue weighted by Gasteiger charge is 2.35. The van der Waals surface area contributed by atoms with E-state index in [1.807, 2.05) is 49.4 Å². The van der Waals surface area contributed by atoms with Gasteiger partial charge in [0.05, 0.1) is 16.9 Å². The number of amides is 1. The zero-order valence-electron chi connectivity index (χ0n) is 21.3. The van der Waals surface area contributed by atoms with Gasteiger partial charge in [-0.25, -0.2) is 4.79 Å². The van der Waals surface area contributed by atoms with Gasteiger partial charge in [-0.1, -0.05) is 61.9 Å². The maximum atomic E-state index is 13.6. The van der Waals surface area contributed by atoms with Gasteiger partial charge in [-0.05, 0) is 66.4 Å². The average molecular weight is 506 g/mol. The predicted octanol–water partition coefficient (Wildman–Crippen LogP) is 6.68. The molecule has 4 aromatic rings. The maximum absolute atomic E-state index is 13.6. The first kappa shape index (κ1) is 24.8. The lowest BCUT2D eigenvalue weighted by molar-refractivity contribution is -0.111. The number of carbonyl (C=O) groups excluding carboxylic acids is 1. The lowest BCUT2D eigenvalue weighted by Crippen LogP contribution is -2.26. The van der Waals surface area contributed by atoms with Crippen molar-refractivity contribution in [2.45, 2.75) is 26.7 Å². The molecule has 190 valence electrons. The first-order chi connectivity index (χ1) is 18.2. The Morgan fingerprint density at radius 3 is 2.37 bits per heavy atom. The van der Waals surface area contributed by atoms with Crippen LogP contribution >= 0.6 is 0 Å². The third-order valence-electron chi connectivity index (χ3n) is 6.62. The number of nitrogens with zero attached hydrogens (tertiary/aromatic N) is 2. The number of carboxylic acids is 1. The molecule has 0 aromatic heterocycles. The summed E-state index contributed by atoms with van der Waals surface area (Å²) in [4.78, 5) is 26.7. The molecule has 1 heterocycles. The molecular weight excluding hydrogens is 478 g/mol. The number of hydrogen-bond donors (Lipinski definition) is 3. The Balaban J connectivity index is 1.51. The molecule has 0 atom stereocenters. The highest BCUT2D eigenvalue weighted by atomic mass is 16.4. The van der Waals surface area contributed by atoms with Crippen molar-refractivity contribution >= 4 is 34.7 Å². The number of phenols is 1. The second kappa shape index (κ2) is 9.86. The van der Waals surface area contributed by atoms with Gasteiger partial charge in [-0.3, -0.25) is 15.1 Å². The molecule has 0 saturated heterocycles. The lowest BCUT2D eigenvalue weighted by Gasteiger charge is -2.18. The molecule has 7 heteroatoms. The van der Waals surface area contributed by atoms with Gasteiger partial charge in [0, 0.05) is 16.8 Å². The number of para-hydroxylation sites is 1. The molecule has 3 N–H and O–H groups in total. The Labute approximate surface area is 220 Å². The molecule has 0 aliphatic carbocycles. The quantitative estimate of drug-likeness (QED) is 0.200. The van der Waals surface area contributed by atoms with Crippen molar-refractivity contribution in [3.63, 3.8) is 0 Å². The number of aromatic hydroxyl groups is 1. The van der Waals surface area contributed by atoms with Crippen LogP contribution in [0.1, 0.15) is 46.8 Å². The number of nitrogens with one attached hydrogen (secondary N) is 1. The first-order valence-electron chi connectivity index (χ1n) is 12.3. The van der Waals surface area contributed by atoms with E-state index in [1.54, 1.807) is 35.2 Å². The summed E-state index contributed by atoms with van der Waals surface area (Å²) in [6, 6.07) is 25.1. The van der Waals surface area contributed by atoms with Crippen molar-refractivity contribution in [1.29, 1.82) is 0 Å². The van der Waals surface area contributed by atoms with Crippen molar-refractivity contribution in [1.82, 2.24) is 0 Å². The number of rotatable bonds is 6. The van der Waals surface area contributed by atoms with Crippen molar-refractivity contribution in [3.8, 4) is 16.9 Å². The van der Waals surface area contributed by atoms with Crippen molar-refractivity contribution in [2.24, 2.45) is 5.10 Å². The molecule has 0 bridgehead atoms. The van der Waals surface area contributed by atoms with Crippen molar-refractivity contribution in [3.05, 3.63) is 107 Å². The number of anilines is 3. The highest BCUT2D eigenvalue weighted by Crippen LogP contribution is 2.38. The van der Waals surface area contributed by atoms with Gasteiger partial charge >= 0.3 is 5.97 Å². The summed E-state index contributed by atoms with van der Waals surface area (Å²) in [6.45, 7) is 6.20. The summed E-state index contributed by atoms with van der Waals surface area (Å²) in [5.41, 5.74) is 8.85. The van der Waals surface area contributed by atoms with E-state index in [2.05, 4.69) is 24.4 Å². The molecule has 0 saturated carbocycles. The van der Waals surface area contributed by atoms with E-state index in [0.717, 1.165) is 16.9 Å². The number of carboxylic acid groups (broad SMARTS) is 1. The van der Waals surface area contributed by atoms with E-state index >= 15 is 0 Å². The number of aryl methyl sites for hydroxylation is 1. The average Bonchev–Trinajstić information content (AvgIpc) is 3.18. The van der Waals surface area contributed by atoms with Crippen LogP contribution in [0.5, 0.6) is 5.75 Å². The minimum atomic E-state index is -1.05. The van der Waals surface area contributed by atoms with Gasteiger partial charge in [0.25, 0.3) is 5.91 Å². The summed E-state index contributed by atoms with van der Waals surface area (Å²) in [6.07, 6.45) is 0. The fourth-order valence-corrected chi connectivity index (χ4v) is 4.54. The summed E-state index contributed by atoms with van der Waals surface area (Å²) in [7, 11) is 0. The van der Waals surface area contributed by atoms with Crippen LogP contribution in [0, 0.1) is 6.92 Å². The molecule has 1 amide bonds. The largest absolute Gasteiger partial charge is 0.505 e. The van der Waals surface area contributed by atoms with Gasteiger partial charge in [0.1, 0.15) is 5.75 Å². The molecule has 7 nitrogen and oxygen atoms in total. The third kappa shape index (κ3) is 4.50. The van der Waals surface area contributed by atoms with Crippen LogP contribution in [0.3, 0.4) is 0 Å². The lowest BCUT2D eigenvalue weighted by atomic mass is 10.0. The zero-order valence-corrected chi connectivity index (χ0v) is 21.3. The Hall–Kier alpha value is -4.91. The monoisotopic (exact) mass is 505 g/mol. The highest BCUT2D eigenvalue weighted by molar-refractivity contribution is 6.55. The molecule has 0 spiro atoms. The normalized spacial score (nSPS) is 13.7. The second-order valence-corrected chi connectivity index (χ2v) is 9.57. The van der Waals surface area contributed by atoms with Crippen molar-refractivity contribution < 1.29 is 19.8 Å². The van der Waals surface area contributed by atoms with Crippen LogP contribution in [0.25, 0.3) is 11.1 Å². The number of carbonyl (C=O) groups is 2. The molecule has 0 unspecified atom stereocenters.